The number of aromatic carboxylic acids is 1. The van der Waals surface area contributed by atoms with Crippen molar-refractivity contribution in [3.8, 4) is 0 Å². The molecule has 0 aliphatic heterocycles. The summed E-state index contributed by atoms with van der Waals surface area (Å²) >= 11 is 0. The largest absolute Gasteiger partial charge is 0.478 e. The van der Waals surface area contributed by atoms with Crippen molar-refractivity contribution in [2.75, 3.05) is 6.54 Å². The third-order valence-corrected chi connectivity index (χ3v) is 2.65. The molecule has 0 saturated carbocycles. The molecule has 7 heteroatoms. The first-order valence-corrected chi connectivity index (χ1v) is 6.12. The maximum atomic E-state index is 11.7. The number of nitrogens with one attached hydrogen (secondary N) is 1. The second kappa shape index (κ2) is 6.46. The molecule has 0 saturated heterocycles. The van der Waals surface area contributed by atoms with E-state index in [1.54, 1.807) is 10.9 Å². The van der Waals surface area contributed by atoms with Gasteiger partial charge in [-0.05, 0) is 24.6 Å². The van der Waals surface area contributed by atoms with E-state index in [0.29, 0.717) is 6.54 Å². The summed E-state index contributed by atoms with van der Waals surface area (Å²) in [6, 6.07) is 4.59. The smallest absolute Gasteiger partial charge is 0.337 e. The van der Waals surface area contributed by atoms with E-state index in [0.717, 1.165) is 13.0 Å². The molecule has 0 unspecified atom stereocenters. The maximum Gasteiger partial charge on any atom is 0.337 e. The molecule has 2 aromatic rings. The molecule has 1 amide bonds. The average Bonchev–Trinajstić information content (AvgIpc) is 2.96. The van der Waals surface area contributed by atoms with Crippen molar-refractivity contribution in [3.05, 3.63) is 48.0 Å². The van der Waals surface area contributed by atoms with Crippen LogP contribution in [-0.4, -0.2) is 38.3 Å². The van der Waals surface area contributed by atoms with Gasteiger partial charge in [0.2, 0.25) is 0 Å². The number of nitrogens with zero attached hydrogens (tertiary/aromatic N) is 3. The first kappa shape index (κ1) is 13.7. The Balaban J connectivity index is 1.78. The Morgan fingerprint density at radius 1 is 1.35 bits per heavy atom. The van der Waals surface area contributed by atoms with Gasteiger partial charge in [0.1, 0.15) is 5.69 Å². The van der Waals surface area contributed by atoms with E-state index in [9.17, 15) is 9.59 Å². The molecule has 2 aromatic heterocycles. The molecule has 2 rings (SSSR count). The molecular formula is C13H14N4O3. The molecule has 20 heavy (non-hydrogen) atoms. The van der Waals surface area contributed by atoms with Crippen LogP contribution < -0.4 is 5.32 Å². The zero-order valence-corrected chi connectivity index (χ0v) is 10.7. The predicted octanol–water partition coefficient (Wildman–Crippen LogP) is 0.796. The molecular weight excluding hydrogens is 260 g/mol. The van der Waals surface area contributed by atoms with E-state index in [-0.39, 0.29) is 17.2 Å². The van der Waals surface area contributed by atoms with E-state index in [4.69, 9.17) is 5.11 Å². The lowest BCUT2D eigenvalue weighted by molar-refractivity contribution is 0.0695. The Bertz CT molecular complexity index is 578. The van der Waals surface area contributed by atoms with Crippen molar-refractivity contribution < 1.29 is 14.7 Å². The summed E-state index contributed by atoms with van der Waals surface area (Å²) in [7, 11) is 0. The average molecular weight is 274 g/mol. The van der Waals surface area contributed by atoms with Crippen molar-refractivity contribution >= 4 is 11.9 Å². The molecule has 104 valence electrons. The molecule has 0 spiro atoms. The van der Waals surface area contributed by atoms with E-state index in [1.807, 2.05) is 12.3 Å². The number of carbonyl (C=O) groups is 2. The fourth-order valence-electron chi connectivity index (χ4n) is 1.62. The van der Waals surface area contributed by atoms with Crippen LogP contribution in [-0.2, 0) is 6.54 Å². The van der Waals surface area contributed by atoms with Gasteiger partial charge in [0, 0.05) is 31.7 Å². The Hall–Kier alpha value is -2.70. The predicted molar refractivity (Wildman–Crippen MR) is 70.4 cm³/mol. The lowest BCUT2D eigenvalue weighted by atomic mass is 10.2. The van der Waals surface area contributed by atoms with Crippen LogP contribution in [0, 0.1) is 0 Å². The molecule has 2 heterocycles. The van der Waals surface area contributed by atoms with Crippen LogP contribution in [0.1, 0.15) is 27.3 Å². The Morgan fingerprint density at radius 3 is 2.80 bits per heavy atom. The summed E-state index contributed by atoms with van der Waals surface area (Å²) in [5, 5.41) is 15.5. The number of carboxylic acid groups (broad SMARTS) is 1. The standard InChI is InChI=1S/C13H14N4O3/c18-12(11-4-3-10(9-15-11)13(19)20)14-5-1-7-17-8-2-6-16-17/h2-4,6,8-9H,1,5,7H2,(H,14,18)(H,19,20). The Kier molecular flexibility index (Phi) is 4.43. The van der Waals surface area contributed by atoms with E-state index < -0.39 is 5.97 Å². The minimum absolute atomic E-state index is 0.0558. The molecule has 2 N–H and O–H groups in total. The lowest BCUT2D eigenvalue weighted by Crippen LogP contribution is -2.26. The summed E-state index contributed by atoms with van der Waals surface area (Å²) in [5.41, 5.74) is 0.259. The highest BCUT2D eigenvalue weighted by molar-refractivity contribution is 5.93. The normalized spacial score (nSPS) is 10.2. The van der Waals surface area contributed by atoms with Crippen LogP contribution in [0.5, 0.6) is 0 Å². The minimum Gasteiger partial charge on any atom is -0.478 e. The van der Waals surface area contributed by atoms with E-state index >= 15 is 0 Å². The van der Waals surface area contributed by atoms with Crippen LogP contribution in [0.4, 0.5) is 0 Å². The highest BCUT2D eigenvalue weighted by Crippen LogP contribution is 2.00. The van der Waals surface area contributed by atoms with Gasteiger partial charge in [-0.1, -0.05) is 0 Å². The van der Waals surface area contributed by atoms with Crippen molar-refractivity contribution in [1.29, 1.82) is 0 Å². The van der Waals surface area contributed by atoms with Gasteiger partial charge in [0.05, 0.1) is 5.56 Å². The molecule has 0 radical (unpaired) electrons. The van der Waals surface area contributed by atoms with Gasteiger partial charge in [-0.25, -0.2) is 4.79 Å². The van der Waals surface area contributed by atoms with Gasteiger partial charge in [-0.15, -0.1) is 0 Å². The first-order chi connectivity index (χ1) is 9.66. The number of aromatic nitrogens is 3. The van der Waals surface area contributed by atoms with Crippen molar-refractivity contribution in [2.45, 2.75) is 13.0 Å². The van der Waals surface area contributed by atoms with Crippen molar-refractivity contribution in [3.63, 3.8) is 0 Å². The second-order valence-electron chi connectivity index (χ2n) is 4.12. The molecule has 0 aromatic carbocycles. The summed E-state index contributed by atoms with van der Waals surface area (Å²) in [5.74, 6) is -1.38. The number of carboxylic acids is 1. The van der Waals surface area contributed by atoms with Crippen LogP contribution in [0.15, 0.2) is 36.8 Å². The number of hydrogen-bond donors (Lipinski definition) is 2. The number of rotatable bonds is 6. The van der Waals surface area contributed by atoms with Crippen LogP contribution in [0.3, 0.4) is 0 Å². The zero-order valence-electron chi connectivity index (χ0n) is 10.7. The SMILES string of the molecule is O=C(O)c1ccc(C(=O)NCCCn2cccn2)nc1. The van der Waals surface area contributed by atoms with Crippen molar-refractivity contribution in [1.82, 2.24) is 20.1 Å². The molecule has 7 nitrogen and oxygen atoms in total. The second-order valence-corrected chi connectivity index (χ2v) is 4.12. The number of pyridine rings is 1. The third kappa shape index (κ3) is 3.64. The fourth-order valence-corrected chi connectivity index (χ4v) is 1.62. The molecule has 0 fully saturated rings. The number of amides is 1. The molecule has 0 bridgehead atoms. The Labute approximate surface area is 115 Å². The van der Waals surface area contributed by atoms with Gasteiger partial charge in [-0.2, -0.15) is 5.10 Å². The third-order valence-electron chi connectivity index (χ3n) is 2.65. The summed E-state index contributed by atoms with van der Waals surface area (Å²) in [4.78, 5) is 26.2. The molecule has 0 atom stereocenters. The number of aryl methyl sites for hydroxylation is 1. The van der Waals surface area contributed by atoms with E-state index in [2.05, 4.69) is 15.4 Å². The van der Waals surface area contributed by atoms with E-state index in [1.165, 1.54) is 18.3 Å². The fraction of sp³-hybridized carbons (Fsp3) is 0.231. The van der Waals surface area contributed by atoms with Crippen molar-refractivity contribution in [2.24, 2.45) is 0 Å². The van der Waals surface area contributed by atoms with Gasteiger partial charge in [-0.3, -0.25) is 14.5 Å². The minimum atomic E-state index is -1.07. The number of hydrogen-bond acceptors (Lipinski definition) is 4. The monoisotopic (exact) mass is 274 g/mol. The zero-order chi connectivity index (χ0) is 14.4. The van der Waals surface area contributed by atoms with Crippen LogP contribution in [0.2, 0.25) is 0 Å². The lowest BCUT2D eigenvalue weighted by Gasteiger charge is -2.05. The quantitative estimate of drug-likeness (QED) is 0.759. The summed E-state index contributed by atoms with van der Waals surface area (Å²) in [6.45, 7) is 1.22. The summed E-state index contributed by atoms with van der Waals surface area (Å²) in [6.07, 6.45) is 5.47. The maximum absolute atomic E-state index is 11.7. The van der Waals surface area contributed by atoms with Gasteiger partial charge in [0.25, 0.3) is 5.91 Å². The molecule has 0 aliphatic rings. The van der Waals surface area contributed by atoms with Crippen LogP contribution in [0.25, 0.3) is 0 Å². The van der Waals surface area contributed by atoms with Gasteiger partial charge in [0.15, 0.2) is 0 Å². The highest BCUT2D eigenvalue weighted by atomic mass is 16.4. The number of carbonyl (C=O) groups excluding carboxylic acids is 1. The van der Waals surface area contributed by atoms with Gasteiger partial charge >= 0.3 is 5.97 Å². The topological polar surface area (TPSA) is 97.1 Å². The van der Waals surface area contributed by atoms with Gasteiger partial charge < -0.3 is 10.4 Å². The Morgan fingerprint density at radius 2 is 2.20 bits per heavy atom. The summed E-state index contributed by atoms with van der Waals surface area (Å²) < 4.78 is 1.78. The van der Waals surface area contributed by atoms with Crippen LogP contribution >= 0.6 is 0 Å². The first-order valence-electron chi connectivity index (χ1n) is 6.12. The highest BCUT2D eigenvalue weighted by Gasteiger charge is 2.08. The molecule has 0 aliphatic carbocycles.